The Bertz CT molecular complexity index is 679. The molecule has 3 rings (SSSR count). The second kappa shape index (κ2) is 5.86. The molecule has 21 heavy (non-hydrogen) atoms. The van der Waals surface area contributed by atoms with E-state index in [0.717, 1.165) is 30.3 Å². The summed E-state index contributed by atoms with van der Waals surface area (Å²) in [5, 5.41) is 4.23. The molecule has 0 aromatic heterocycles. The molecule has 0 atom stereocenters. The first-order valence-corrected chi connectivity index (χ1v) is 7.75. The number of aryl methyl sites for hydroxylation is 1. The highest BCUT2D eigenvalue weighted by molar-refractivity contribution is 7.80. The van der Waals surface area contributed by atoms with E-state index in [9.17, 15) is 0 Å². The zero-order valence-electron chi connectivity index (χ0n) is 12.5. The maximum Gasteiger partial charge on any atom is 0.173 e. The fraction of sp³-hybridized carbons (Fsp3) is 0.278. The molecule has 2 nitrogen and oxygen atoms in total. The number of hydrogen-bond acceptors (Lipinski definition) is 1. The van der Waals surface area contributed by atoms with Gasteiger partial charge in [0.1, 0.15) is 0 Å². The topological polar surface area (TPSA) is 15.3 Å². The SMILES string of the molecule is Cc1cccc(NC(=S)N2CCc3ccccc3C2)c1C. The standard InChI is InChI=1S/C18H20N2S/c1-13-6-5-9-17(14(13)2)19-18(21)20-11-10-15-7-3-4-8-16(15)12-20/h3-9H,10-12H2,1-2H3,(H,19,21). The van der Waals surface area contributed by atoms with Crippen LogP contribution >= 0.6 is 12.2 Å². The average Bonchev–Trinajstić information content (AvgIpc) is 2.51. The van der Waals surface area contributed by atoms with Gasteiger partial charge in [-0.05, 0) is 60.8 Å². The summed E-state index contributed by atoms with van der Waals surface area (Å²) in [5.41, 5.74) is 6.49. The Labute approximate surface area is 131 Å². The molecular formula is C18H20N2S. The van der Waals surface area contributed by atoms with Crippen LogP contribution in [-0.2, 0) is 13.0 Å². The van der Waals surface area contributed by atoms with E-state index in [-0.39, 0.29) is 0 Å². The third kappa shape index (κ3) is 2.93. The van der Waals surface area contributed by atoms with E-state index in [1.165, 1.54) is 22.3 Å². The Balaban J connectivity index is 1.74. The molecule has 2 aromatic carbocycles. The van der Waals surface area contributed by atoms with E-state index < -0.39 is 0 Å². The molecule has 0 unspecified atom stereocenters. The van der Waals surface area contributed by atoms with Crippen LogP contribution in [0.3, 0.4) is 0 Å². The lowest BCUT2D eigenvalue weighted by molar-refractivity contribution is 0.399. The Morgan fingerprint density at radius 3 is 2.62 bits per heavy atom. The number of nitrogens with one attached hydrogen (secondary N) is 1. The molecule has 0 saturated heterocycles. The van der Waals surface area contributed by atoms with Crippen molar-refractivity contribution in [3.8, 4) is 0 Å². The molecular weight excluding hydrogens is 276 g/mol. The predicted octanol–water partition coefficient (Wildman–Crippen LogP) is 4.06. The van der Waals surface area contributed by atoms with Crippen LogP contribution in [0.15, 0.2) is 42.5 Å². The Hall–Kier alpha value is -1.87. The maximum absolute atomic E-state index is 5.60. The van der Waals surface area contributed by atoms with Gasteiger partial charge in [-0.25, -0.2) is 0 Å². The van der Waals surface area contributed by atoms with E-state index in [2.05, 4.69) is 66.5 Å². The number of nitrogens with zero attached hydrogens (tertiary/aromatic N) is 1. The first kappa shape index (κ1) is 14.1. The van der Waals surface area contributed by atoms with Crippen LogP contribution in [0.4, 0.5) is 5.69 Å². The van der Waals surface area contributed by atoms with Gasteiger partial charge in [0.2, 0.25) is 0 Å². The molecule has 0 radical (unpaired) electrons. The van der Waals surface area contributed by atoms with Crippen molar-refractivity contribution in [1.82, 2.24) is 4.90 Å². The molecule has 1 heterocycles. The van der Waals surface area contributed by atoms with Crippen LogP contribution in [0.5, 0.6) is 0 Å². The number of anilines is 1. The van der Waals surface area contributed by atoms with Crippen LogP contribution in [0.25, 0.3) is 0 Å². The molecule has 0 amide bonds. The van der Waals surface area contributed by atoms with Crippen molar-refractivity contribution < 1.29 is 0 Å². The van der Waals surface area contributed by atoms with Gasteiger partial charge < -0.3 is 10.2 Å². The minimum atomic E-state index is 0.818. The van der Waals surface area contributed by atoms with Gasteiger partial charge in [-0.3, -0.25) is 0 Å². The van der Waals surface area contributed by atoms with Crippen molar-refractivity contribution in [2.75, 3.05) is 11.9 Å². The summed E-state index contributed by atoms with van der Waals surface area (Å²) in [6, 6.07) is 14.9. The van der Waals surface area contributed by atoms with Crippen molar-refractivity contribution in [2.24, 2.45) is 0 Å². The van der Waals surface area contributed by atoms with Crippen molar-refractivity contribution in [1.29, 1.82) is 0 Å². The summed E-state index contributed by atoms with van der Waals surface area (Å²) in [5.74, 6) is 0. The van der Waals surface area contributed by atoms with Gasteiger partial charge in [0.15, 0.2) is 5.11 Å². The predicted molar refractivity (Wildman–Crippen MR) is 92.7 cm³/mol. The molecule has 1 aliphatic heterocycles. The van der Waals surface area contributed by atoms with E-state index in [4.69, 9.17) is 12.2 Å². The fourth-order valence-corrected chi connectivity index (χ4v) is 3.02. The van der Waals surface area contributed by atoms with Gasteiger partial charge in [-0.15, -0.1) is 0 Å². The van der Waals surface area contributed by atoms with Gasteiger partial charge in [0.05, 0.1) is 0 Å². The largest absolute Gasteiger partial charge is 0.344 e. The van der Waals surface area contributed by atoms with Crippen molar-refractivity contribution in [2.45, 2.75) is 26.8 Å². The van der Waals surface area contributed by atoms with Gasteiger partial charge >= 0.3 is 0 Å². The lowest BCUT2D eigenvalue weighted by atomic mass is 10.0. The molecule has 1 N–H and O–H groups in total. The summed E-state index contributed by atoms with van der Waals surface area (Å²) in [6.07, 6.45) is 1.06. The minimum Gasteiger partial charge on any atom is -0.344 e. The number of benzene rings is 2. The lowest BCUT2D eigenvalue weighted by Crippen LogP contribution is -2.38. The Morgan fingerprint density at radius 2 is 1.81 bits per heavy atom. The highest BCUT2D eigenvalue weighted by Gasteiger charge is 2.18. The van der Waals surface area contributed by atoms with E-state index in [1.807, 2.05) is 0 Å². The van der Waals surface area contributed by atoms with Crippen LogP contribution < -0.4 is 5.32 Å². The second-order valence-electron chi connectivity index (χ2n) is 5.62. The van der Waals surface area contributed by atoms with Crippen molar-refractivity contribution in [3.05, 3.63) is 64.7 Å². The molecule has 0 saturated carbocycles. The Kier molecular flexibility index (Phi) is 3.93. The lowest BCUT2D eigenvalue weighted by Gasteiger charge is -2.31. The zero-order chi connectivity index (χ0) is 14.8. The van der Waals surface area contributed by atoms with Gasteiger partial charge in [0, 0.05) is 18.8 Å². The summed E-state index contributed by atoms with van der Waals surface area (Å²) >= 11 is 5.60. The number of rotatable bonds is 1. The van der Waals surface area contributed by atoms with Crippen molar-refractivity contribution in [3.63, 3.8) is 0 Å². The monoisotopic (exact) mass is 296 g/mol. The van der Waals surface area contributed by atoms with E-state index in [1.54, 1.807) is 0 Å². The number of hydrogen-bond donors (Lipinski definition) is 1. The van der Waals surface area contributed by atoms with Crippen LogP contribution in [0.2, 0.25) is 0 Å². The normalized spacial score (nSPS) is 13.7. The molecule has 3 heteroatoms. The first-order chi connectivity index (χ1) is 10.1. The third-order valence-electron chi connectivity index (χ3n) is 4.26. The van der Waals surface area contributed by atoms with Crippen LogP contribution in [0, 0.1) is 13.8 Å². The molecule has 108 valence electrons. The highest BCUT2D eigenvalue weighted by atomic mass is 32.1. The smallest absolute Gasteiger partial charge is 0.173 e. The summed E-state index contributed by atoms with van der Waals surface area (Å²) in [6.45, 7) is 6.13. The minimum absolute atomic E-state index is 0.818. The summed E-state index contributed by atoms with van der Waals surface area (Å²) in [4.78, 5) is 2.25. The van der Waals surface area contributed by atoms with Gasteiger partial charge in [-0.2, -0.15) is 0 Å². The second-order valence-corrected chi connectivity index (χ2v) is 6.00. The van der Waals surface area contributed by atoms with E-state index in [0.29, 0.717) is 0 Å². The summed E-state index contributed by atoms with van der Waals surface area (Å²) in [7, 11) is 0. The highest BCUT2D eigenvalue weighted by Crippen LogP contribution is 2.22. The molecule has 1 aliphatic rings. The van der Waals surface area contributed by atoms with E-state index >= 15 is 0 Å². The number of thiocarbonyl (C=S) groups is 1. The van der Waals surface area contributed by atoms with Crippen LogP contribution in [0.1, 0.15) is 22.3 Å². The molecule has 0 aliphatic carbocycles. The van der Waals surface area contributed by atoms with Crippen molar-refractivity contribution >= 4 is 23.0 Å². The van der Waals surface area contributed by atoms with Gasteiger partial charge in [0.25, 0.3) is 0 Å². The molecule has 2 aromatic rings. The zero-order valence-corrected chi connectivity index (χ0v) is 13.3. The number of fused-ring (bicyclic) bond motifs is 1. The summed E-state index contributed by atoms with van der Waals surface area (Å²) < 4.78 is 0. The fourth-order valence-electron chi connectivity index (χ4n) is 2.75. The average molecular weight is 296 g/mol. The first-order valence-electron chi connectivity index (χ1n) is 7.34. The Morgan fingerprint density at radius 1 is 1.05 bits per heavy atom. The molecule has 0 fully saturated rings. The molecule has 0 spiro atoms. The third-order valence-corrected chi connectivity index (χ3v) is 4.62. The van der Waals surface area contributed by atoms with Crippen LogP contribution in [-0.4, -0.2) is 16.6 Å². The maximum atomic E-state index is 5.60. The quantitative estimate of drug-likeness (QED) is 0.799. The van der Waals surface area contributed by atoms with Gasteiger partial charge in [-0.1, -0.05) is 36.4 Å². The molecule has 0 bridgehead atoms.